The van der Waals surface area contributed by atoms with Gasteiger partial charge in [0, 0.05) is 43.0 Å². The first-order valence-electron chi connectivity index (χ1n) is 7.79. The van der Waals surface area contributed by atoms with Gasteiger partial charge in [-0.2, -0.15) is 0 Å². The Balaban J connectivity index is 1.52. The lowest BCUT2D eigenvalue weighted by Gasteiger charge is -2.36. The first kappa shape index (κ1) is 17.6. The van der Waals surface area contributed by atoms with Crippen molar-refractivity contribution in [3.8, 4) is 0 Å². The summed E-state index contributed by atoms with van der Waals surface area (Å²) >= 11 is 7.21. The summed E-state index contributed by atoms with van der Waals surface area (Å²) in [4.78, 5) is 34.3. The molecule has 1 fully saturated rings. The number of carbonyl (C=O) groups excluding carboxylic acids is 1. The van der Waals surface area contributed by atoms with Crippen molar-refractivity contribution in [2.24, 2.45) is 0 Å². The van der Waals surface area contributed by atoms with Crippen LogP contribution in [0.15, 0.2) is 40.3 Å². The number of piperazine rings is 1. The number of carbonyl (C=O) groups is 1. The highest BCUT2D eigenvalue weighted by Gasteiger charge is 2.21. The molecular formula is C16H18ClN5O2S. The van der Waals surface area contributed by atoms with Gasteiger partial charge in [-0.25, -0.2) is 4.98 Å². The van der Waals surface area contributed by atoms with Gasteiger partial charge in [0.15, 0.2) is 5.16 Å². The van der Waals surface area contributed by atoms with Gasteiger partial charge < -0.3 is 20.5 Å². The van der Waals surface area contributed by atoms with E-state index in [4.69, 9.17) is 17.3 Å². The number of hydrogen-bond donors (Lipinski definition) is 2. The molecule has 132 valence electrons. The van der Waals surface area contributed by atoms with Crippen molar-refractivity contribution in [2.45, 2.75) is 5.16 Å². The molecule has 0 bridgehead atoms. The van der Waals surface area contributed by atoms with E-state index in [0.717, 1.165) is 18.8 Å². The van der Waals surface area contributed by atoms with E-state index in [1.807, 2.05) is 29.2 Å². The van der Waals surface area contributed by atoms with Crippen LogP contribution >= 0.6 is 23.4 Å². The SMILES string of the molecule is Nc1cc(=O)[nH]c(SCC(=O)N2CCN(c3cccc(Cl)c3)CC2)n1. The smallest absolute Gasteiger partial charge is 0.253 e. The van der Waals surface area contributed by atoms with Gasteiger partial charge >= 0.3 is 0 Å². The van der Waals surface area contributed by atoms with Gasteiger partial charge in [0.05, 0.1) is 5.75 Å². The van der Waals surface area contributed by atoms with Crippen LogP contribution in [0, 0.1) is 0 Å². The number of benzene rings is 1. The Kier molecular flexibility index (Phi) is 5.50. The molecule has 2 aromatic rings. The maximum absolute atomic E-state index is 12.4. The molecule has 1 aliphatic heterocycles. The lowest BCUT2D eigenvalue weighted by Crippen LogP contribution is -2.49. The van der Waals surface area contributed by atoms with Crippen LogP contribution < -0.4 is 16.2 Å². The van der Waals surface area contributed by atoms with E-state index < -0.39 is 0 Å². The second-order valence-electron chi connectivity index (χ2n) is 5.61. The Morgan fingerprint density at radius 3 is 2.72 bits per heavy atom. The van der Waals surface area contributed by atoms with Crippen LogP contribution in [-0.4, -0.2) is 52.7 Å². The molecule has 0 atom stereocenters. The second-order valence-corrected chi connectivity index (χ2v) is 7.01. The van der Waals surface area contributed by atoms with Gasteiger partial charge in [0.25, 0.3) is 5.56 Å². The molecule has 0 spiro atoms. The summed E-state index contributed by atoms with van der Waals surface area (Å²) in [5.74, 6) is 0.374. The van der Waals surface area contributed by atoms with E-state index in [0.29, 0.717) is 23.3 Å². The molecule has 0 unspecified atom stereocenters. The van der Waals surface area contributed by atoms with Gasteiger partial charge in [0.1, 0.15) is 5.82 Å². The fourth-order valence-electron chi connectivity index (χ4n) is 2.63. The second kappa shape index (κ2) is 7.79. The minimum Gasteiger partial charge on any atom is -0.383 e. The molecule has 0 aliphatic carbocycles. The Morgan fingerprint density at radius 2 is 2.04 bits per heavy atom. The lowest BCUT2D eigenvalue weighted by molar-refractivity contribution is -0.128. The molecule has 2 heterocycles. The average Bonchev–Trinajstić information content (AvgIpc) is 2.59. The summed E-state index contributed by atoms with van der Waals surface area (Å²) in [7, 11) is 0. The number of nitrogens with one attached hydrogen (secondary N) is 1. The normalized spacial score (nSPS) is 14.6. The Bertz CT molecular complexity index is 820. The predicted molar refractivity (Wildman–Crippen MR) is 100 cm³/mol. The lowest BCUT2D eigenvalue weighted by atomic mass is 10.2. The first-order valence-corrected chi connectivity index (χ1v) is 9.15. The molecule has 0 saturated carbocycles. The molecular weight excluding hydrogens is 362 g/mol. The minimum absolute atomic E-state index is 0.0146. The molecule has 1 saturated heterocycles. The van der Waals surface area contributed by atoms with Crippen molar-refractivity contribution in [3.63, 3.8) is 0 Å². The zero-order chi connectivity index (χ0) is 17.8. The largest absolute Gasteiger partial charge is 0.383 e. The van der Waals surface area contributed by atoms with Crippen LogP contribution in [0.4, 0.5) is 11.5 Å². The third kappa shape index (κ3) is 4.67. The number of nitrogens with two attached hydrogens (primary N) is 1. The predicted octanol–water partition coefficient (Wildman–Crippen LogP) is 1.45. The highest BCUT2D eigenvalue weighted by molar-refractivity contribution is 7.99. The van der Waals surface area contributed by atoms with Crippen LogP contribution in [-0.2, 0) is 4.79 Å². The molecule has 3 rings (SSSR count). The number of nitrogens with zero attached hydrogens (tertiary/aromatic N) is 3. The van der Waals surface area contributed by atoms with Gasteiger partial charge in [-0.3, -0.25) is 9.59 Å². The topological polar surface area (TPSA) is 95.3 Å². The number of aromatic amines is 1. The van der Waals surface area contributed by atoms with Gasteiger partial charge in [-0.15, -0.1) is 0 Å². The van der Waals surface area contributed by atoms with E-state index in [1.165, 1.54) is 17.8 Å². The highest BCUT2D eigenvalue weighted by atomic mass is 35.5. The monoisotopic (exact) mass is 379 g/mol. The molecule has 7 nitrogen and oxygen atoms in total. The van der Waals surface area contributed by atoms with Gasteiger partial charge in [0.2, 0.25) is 5.91 Å². The van der Waals surface area contributed by atoms with E-state index in [9.17, 15) is 9.59 Å². The Morgan fingerprint density at radius 1 is 1.28 bits per heavy atom. The standard InChI is InChI=1S/C16H18ClN5O2S/c17-11-2-1-3-12(8-11)21-4-6-22(7-5-21)15(24)10-25-16-19-13(18)9-14(23)20-16/h1-3,8-9H,4-7,10H2,(H3,18,19,20,23). The number of thioether (sulfide) groups is 1. The molecule has 1 amide bonds. The fraction of sp³-hybridized carbons (Fsp3) is 0.312. The first-order chi connectivity index (χ1) is 12.0. The Labute approximate surface area is 154 Å². The molecule has 3 N–H and O–H groups in total. The molecule has 0 radical (unpaired) electrons. The van der Waals surface area contributed by atoms with Gasteiger partial charge in [-0.1, -0.05) is 29.4 Å². The third-order valence-electron chi connectivity index (χ3n) is 3.88. The maximum atomic E-state index is 12.4. The number of rotatable bonds is 4. The van der Waals surface area contributed by atoms with Crippen molar-refractivity contribution in [1.29, 1.82) is 0 Å². The number of anilines is 2. The molecule has 25 heavy (non-hydrogen) atoms. The summed E-state index contributed by atoms with van der Waals surface area (Å²) in [6.45, 7) is 2.80. The van der Waals surface area contributed by atoms with Crippen LogP contribution in [0.5, 0.6) is 0 Å². The van der Waals surface area contributed by atoms with E-state index >= 15 is 0 Å². The zero-order valence-electron chi connectivity index (χ0n) is 13.4. The third-order valence-corrected chi connectivity index (χ3v) is 4.97. The Hall–Kier alpha value is -2.19. The summed E-state index contributed by atoms with van der Waals surface area (Å²) in [5.41, 5.74) is 6.28. The zero-order valence-corrected chi connectivity index (χ0v) is 15.0. The molecule has 1 aromatic carbocycles. The number of aromatic nitrogens is 2. The number of hydrogen-bond acceptors (Lipinski definition) is 6. The summed E-state index contributed by atoms with van der Waals surface area (Å²) < 4.78 is 0. The van der Waals surface area contributed by atoms with Crippen molar-refractivity contribution in [1.82, 2.24) is 14.9 Å². The van der Waals surface area contributed by atoms with Crippen molar-refractivity contribution in [3.05, 3.63) is 45.7 Å². The number of H-pyrrole nitrogens is 1. The van der Waals surface area contributed by atoms with Crippen molar-refractivity contribution in [2.75, 3.05) is 42.6 Å². The number of amides is 1. The fourth-order valence-corrected chi connectivity index (χ4v) is 3.60. The van der Waals surface area contributed by atoms with Crippen LogP contribution in [0.1, 0.15) is 0 Å². The highest BCUT2D eigenvalue weighted by Crippen LogP contribution is 2.21. The van der Waals surface area contributed by atoms with Crippen molar-refractivity contribution < 1.29 is 4.79 Å². The molecule has 9 heteroatoms. The summed E-state index contributed by atoms with van der Waals surface area (Å²) in [6, 6.07) is 8.92. The number of halogens is 1. The number of nitrogen functional groups attached to an aromatic ring is 1. The summed E-state index contributed by atoms with van der Waals surface area (Å²) in [6.07, 6.45) is 0. The van der Waals surface area contributed by atoms with Crippen LogP contribution in [0.2, 0.25) is 5.02 Å². The molecule has 1 aliphatic rings. The van der Waals surface area contributed by atoms with Crippen molar-refractivity contribution >= 4 is 40.8 Å². The van der Waals surface area contributed by atoms with E-state index in [-0.39, 0.29) is 23.0 Å². The molecule has 1 aromatic heterocycles. The van der Waals surface area contributed by atoms with Crippen LogP contribution in [0.25, 0.3) is 0 Å². The summed E-state index contributed by atoms with van der Waals surface area (Å²) in [5, 5.41) is 1.06. The average molecular weight is 380 g/mol. The van der Waals surface area contributed by atoms with E-state index in [2.05, 4.69) is 14.9 Å². The van der Waals surface area contributed by atoms with Crippen LogP contribution in [0.3, 0.4) is 0 Å². The van der Waals surface area contributed by atoms with Gasteiger partial charge in [-0.05, 0) is 18.2 Å². The quantitative estimate of drug-likeness (QED) is 0.616. The maximum Gasteiger partial charge on any atom is 0.253 e. The minimum atomic E-state index is -0.322. The van der Waals surface area contributed by atoms with E-state index in [1.54, 1.807) is 0 Å².